The Labute approximate surface area is 165 Å². The van der Waals surface area contributed by atoms with Gasteiger partial charge < -0.3 is 5.32 Å². The molecular formula is C21H23N3O3S. The standard InChI is InChI=1S/C21H23N3O3S/c1-15-10-16(2)14-24(13-15)28(26,27)20-8-6-18(7-9-20)21(25)23-19-5-3-4-17(11-19)12-22/h3-9,11,15-16H,10,13-14H2,1-2H3,(H,23,25)/t15-,16-/m1/s1. The Kier molecular flexibility index (Phi) is 5.82. The molecule has 0 bridgehead atoms. The largest absolute Gasteiger partial charge is 0.322 e. The Morgan fingerprint density at radius 1 is 1.11 bits per heavy atom. The molecule has 3 rings (SSSR count). The number of nitrogens with one attached hydrogen (secondary N) is 1. The molecule has 0 spiro atoms. The molecule has 1 amide bonds. The Bertz CT molecular complexity index is 1000. The van der Waals surface area contributed by atoms with Crippen LogP contribution >= 0.6 is 0 Å². The van der Waals surface area contributed by atoms with E-state index in [2.05, 4.69) is 19.2 Å². The topological polar surface area (TPSA) is 90.3 Å². The van der Waals surface area contributed by atoms with Crippen molar-refractivity contribution < 1.29 is 13.2 Å². The van der Waals surface area contributed by atoms with E-state index in [9.17, 15) is 13.2 Å². The van der Waals surface area contributed by atoms with Gasteiger partial charge in [0.1, 0.15) is 0 Å². The first-order valence-corrected chi connectivity index (χ1v) is 10.7. The number of rotatable bonds is 4. The molecule has 1 heterocycles. The molecule has 1 saturated heterocycles. The average Bonchev–Trinajstić information content (AvgIpc) is 2.67. The van der Waals surface area contributed by atoms with Gasteiger partial charge in [-0.15, -0.1) is 0 Å². The number of carbonyl (C=O) groups is 1. The van der Waals surface area contributed by atoms with E-state index in [4.69, 9.17) is 5.26 Å². The quantitative estimate of drug-likeness (QED) is 0.855. The van der Waals surface area contributed by atoms with Crippen LogP contribution in [0.5, 0.6) is 0 Å². The Hall–Kier alpha value is -2.69. The van der Waals surface area contributed by atoms with E-state index in [1.807, 2.05) is 6.07 Å². The van der Waals surface area contributed by atoms with Crippen molar-refractivity contribution in [2.75, 3.05) is 18.4 Å². The molecule has 1 N–H and O–H groups in total. The van der Waals surface area contributed by atoms with Crippen LogP contribution in [0.15, 0.2) is 53.4 Å². The summed E-state index contributed by atoms with van der Waals surface area (Å²) in [6.45, 7) is 5.16. The third-order valence-electron chi connectivity index (χ3n) is 4.84. The van der Waals surface area contributed by atoms with E-state index in [-0.39, 0.29) is 10.8 Å². The van der Waals surface area contributed by atoms with E-state index >= 15 is 0 Å². The predicted octanol–water partition coefficient (Wildman–Crippen LogP) is 3.48. The van der Waals surface area contributed by atoms with Gasteiger partial charge in [-0.25, -0.2) is 8.42 Å². The Morgan fingerprint density at radius 2 is 1.75 bits per heavy atom. The monoisotopic (exact) mass is 397 g/mol. The Morgan fingerprint density at radius 3 is 2.36 bits per heavy atom. The summed E-state index contributed by atoms with van der Waals surface area (Å²) < 4.78 is 27.4. The molecule has 2 aromatic carbocycles. The Balaban J connectivity index is 1.75. The molecule has 0 unspecified atom stereocenters. The summed E-state index contributed by atoms with van der Waals surface area (Å²) >= 11 is 0. The number of hydrogen-bond acceptors (Lipinski definition) is 4. The zero-order chi connectivity index (χ0) is 20.3. The lowest BCUT2D eigenvalue weighted by atomic mass is 9.94. The van der Waals surface area contributed by atoms with Crippen molar-refractivity contribution in [3.8, 4) is 6.07 Å². The minimum absolute atomic E-state index is 0.192. The molecule has 2 atom stereocenters. The van der Waals surface area contributed by atoms with Gasteiger partial charge in [-0.05, 0) is 60.7 Å². The summed E-state index contributed by atoms with van der Waals surface area (Å²) in [6.07, 6.45) is 1.03. The van der Waals surface area contributed by atoms with Gasteiger partial charge in [-0.1, -0.05) is 19.9 Å². The molecule has 1 aliphatic heterocycles. The van der Waals surface area contributed by atoms with Gasteiger partial charge in [0.25, 0.3) is 5.91 Å². The first-order valence-electron chi connectivity index (χ1n) is 9.21. The molecule has 0 saturated carbocycles. The molecule has 28 heavy (non-hydrogen) atoms. The molecule has 0 radical (unpaired) electrons. The molecule has 146 valence electrons. The van der Waals surface area contributed by atoms with Crippen molar-refractivity contribution >= 4 is 21.6 Å². The molecule has 1 aliphatic rings. The molecule has 1 fully saturated rings. The molecule has 7 heteroatoms. The first-order chi connectivity index (χ1) is 13.3. The highest BCUT2D eigenvalue weighted by Crippen LogP contribution is 2.26. The third-order valence-corrected chi connectivity index (χ3v) is 6.69. The van der Waals surface area contributed by atoms with Crippen molar-refractivity contribution in [1.82, 2.24) is 4.31 Å². The first kappa shape index (κ1) is 20.1. The maximum Gasteiger partial charge on any atom is 0.255 e. The van der Waals surface area contributed by atoms with Gasteiger partial charge >= 0.3 is 0 Å². The SMILES string of the molecule is C[C@@H]1C[C@@H](C)CN(S(=O)(=O)c2ccc(C(=O)Nc3cccc(C#N)c3)cc2)C1. The minimum atomic E-state index is -3.57. The third kappa shape index (κ3) is 4.41. The zero-order valence-electron chi connectivity index (χ0n) is 15.9. The number of hydrogen-bond donors (Lipinski definition) is 1. The zero-order valence-corrected chi connectivity index (χ0v) is 16.7. The van der Waals surface area contributed by atoms with E-state index in [1.54, 1.807) is 24.3 Å². The van der Waals surface area contributed by atoms with Gasteiger partial charge in [0.2, 0.25) is 10.0 Å². The van der Waals surface area contributed by atoms with Crippen molar-refractivity contribution in [2.24, 2.45) is 11.8 Å². The lowest BCUT2D eigenvalue weighted by Gasteiger charge is -2.34. The van der Waals surface area contributed by atoms with Crippen LogP contribution in [0.3, 0.4) is 0 Å². The highest BCUT2D eigenvalue weighted by Gasteiger charge is 2.31. The lowest BCUT2D eigenvalue weighted by molar-refractivity contribution is 0.102. The molecule has 6 nitrogen and oxygen atoms in total. The summed E-state index contributed by atoms with van der Waals surface area (Å²) in [5, 5.41) is 11.7. The number of amides is 1. The van der Waals surface area contributed by atoms with Gasteiger partial charge in [0.05, 0.1) is 16.5 Å². The van der Waals surface area contributed by atoms with E-state index in [0.29, 0.717) is 41.7 Å². The molecule has 0 aromatic heterocycles. The second kappa shape index (κ2) is 8.13. The van der Waals surface area contributed by atoms with Crippen LogP contribution in [-0.2, 0) is 10.0 Å². The summed E-state index contributed by atoms with van der Waals surface area (Å²) in [4.78, 5) is 12.6. The number of nitrogens with zero attached hydrogens (tertiary/aromatic N) is 2. The fourth-order valence-corrected chi connectivity index (χ4v) is 5.28. The number of carbonyl (C=O) groups excluding carboxylic acids is 1. The van der Waals surface area contributed by atoms with Gasteiger partial charge in [0, 0.05) is 24.3 Å². The number of nitriles is 1. The van der Waals surface area contributed by atoms with Crippen LogP contribution < -0.4 is 5.32 Å². The highest BCUT2D eigenvalue weighted by molar-refractivity contribution is 7.89. The number of sulfonamides is 1. The van der Waals surface area contributed by atoms with Crippen LogP contribution in [0.1, 0.15) is 36.2 Å². The van der Waals surface area contributed by atoms with Crippen LogP contribution in [0.4, 0.5) is 5.69 Å². The van der Waals surface area contributed by atoms with Gasteiger partial charge in [0.15, 0.2) is 0 Å². The molecule has 2 aromatic rings. The van der Waals surface area contributed by atoms with Crippen molar-refractivity contribution in [2.45, 2.75) is 25.2 Å². The second-order valence-corrected chi connectivity index (χ2v) is 9.38. The molecule has 0 aliphatic carbocycles. The highest BCUT2D eigenvalue weighted by atomic mass is 32.2. The normalized spacial score (nSPS) is 20.3. The predicted molar refractivity (Wildman–Crippen MR) is 107 cm³/mol. The van der Waals surface area contributed by atoms with Crippen LogP contribution in [0.2, 0.25) is 0 Å². The van der Waals surface area contributed by atoms with E-state index in [1.165, 1.54) is 28.6 Å². The molecular weight excluding hydrogens is 374 g/mol. The van der Waals surface area contributed by atoms with E-state index in [0.717, 1.165) is 6.42 Å². The second-order valence-electron chi connectivity index (χ2n) is 7.44. The van der Waals surface area contributed by atoms with Crippen LogP contribution in [0.25, 0.3) is 0 Å². The summed E-state index contributed by atoms with van der Waals surface area (Å²) in [7, 11) is -3.57. The number of benzene rings is 2. The van der Waals surface area contributed by atoms with Crippen LogP contribution in [0, 0.1) is 23.2 Å². The summed E-state index contributed by atoms with van der Waals surface area (Å²) in [6, 6.07) is 14.6. The lowest BCUT2D eigenvalue weighted by Crippen LogP contribution is -2.42. The number of anilines is 1. The van der Waals surface area contributed by atoms with Crippen molar-refractivity contribution in [3.63, 3.8) is 0 Å². The van der Waals surface area contributed by atoms with Gasteiger partial charge in [-0.2, -0.15) is 9.57 Å². The van der Waals surface area contributed by atoms with E-state index < -0.39 is 10.0 Å². The van der Waals surface area contributed by atoms with Crippen molar-refractivity contribution in [1.29, 1.82) is 5.26 Å². The smallest absolute Gasteiger partial charge is 0.255 e. The number of piperidine rings is 1. The average molecular weight is 398 g/mol. The maximum absolute atomic E-state index is 12.9. The fourth-order valence-electron chi connectivity index (χ4n) is 3.60. The van der Waals surface area contributed by atoms with Gasteiger partial charge in [-0.3, -0.25) is 4.79 Å². The van der Waals surface area contributed by atoms with Crippen LogP contribution in [-0.4, -0.2) is 31.7 Å². The fraction of sp³-hybridized carbons (Fsp3) is 0.333. The summed E-state index contributed by atoms with van der Waals surface area (Å²) in [5.41, 5.74) is 1.31. The minimum Gasteiger partial charge on any atom is -0.322 e. The maximum atomic E-state index is 12.9. The van der Waals surface area contributed by atoms with Crippen molar-refractivity contribution in [3.05, 3.63) is 59.7 Å². The summed E-state index contributed by atoms with van der Waals surface area (Å²) in [5.74, 6) is 0.291.